The molecule has 1 aliphatic heterocycles. The maximum atomic E-state index is 13.0. The molecule has 3 aromatic rings. The molecule has 4 rings (SSSR count). The zero-order chi connectivity index (χ0) is 21.8. The fraction of sp³-hybridized carbons (Fsp3) is 0.130. The smallest absolute Gasteiger partial charge is 0.264 e. The maximum absolute atomic E-state index is 13.0. The van der Waals surface area contributed by atoms with Crippen molar-refractivity contribution in [3.05, 3.63) is 83.9 Å². The second-order valence-corrected chi connectivity index (χ2v) is 8.82. The molecule has 1 aliphatic rings. The molecule has 0 aromatic heterocycles. The molecule has 0 spiro atoms. The van der Waals surface area contributed by atoms with Gasteiger partial charge in [-0.2, -0.15) is 5.26 Å². The highest BCUT2D eigenvalue weighted by Gasteiger charge is 2.30. The molecular formula is C23H19N3O4S. The van der Waals surface area contributed by atoms with E-state index in [1.807, 2.05) is 30.3 Å². The SMILES string of the molecule is N#Cc1cccc(NC(=O)COc2ccc(S(=O)(=O)N3CCc4ccccc43)cc2)c1. The summed E-state index contributed by atoms with van der Waals surface area (Å²) in [5.74, 6) is -0.0119. The fourth-order valence-electron chi connectivity index (χ4n) is 3.41. The van der Waals surface area contributed by atoms with Crippen LogP contribution < -0.4 is 14.4 Å². The number of anilines is 2. The second kappa shape index (κ2) is 8.50. The Labute approximate surface area is 180 Å². The zero-order valence-corrected chi connectivity index (χ0v) is 17.3. The minimum Gasteiger partial charge on any atom is -0.484 e. The van der Waals surface area contributed by atoms with Crippen LogP contribution in [0.4, 0.5) is 11.4 Å². The van der Waals surface area contributed by atoms with Gasteiger partial charge in [-0.1, -0.05) is 24.3 Å². The van der Waals surface area contributed by atoms with Crippen LogP contribution >= 0.6 is 0 Å². The molecule has 0 saturated heterocycles. The van der Waals surface area contributed by atoms with E-state index >= 15 is 0 Å². The first-order chi connectivity index (χ1) is 15.0. The Morgan fingerprint density at radius 1 is 1.06 bits per heavy atom. The summed E-state index contributed by atoms with van der Waals surface area (Å²) in [6.07, 6.45) is 0.684. The van der Waals surface area contributed by atoms with Gasteiger partial charge < -0.3 is 10.1 Å². The van der Waals surface area contributed by atoms with Gasteiger partial charge in [-0.3, -0.25) is 9.10 Å². The quantitative estimate of drug-likeness (QED) is 0.643. The van der Waals surface area contributed by atoms with Gasteiger partial charge in [0.2, 0.25) is 0 Å². The molecule has 0 radical (unpaired) electrons. The normalized spacial score (nSPS) is 12.7. The molecule has 1 amide bonds. The summed E-state index contributed by atoms with van der Waals surface area (Å²) in [4.78, 5) is 12.2. The summed E-state index contributed by atoms with van der Waals surface area (Å²) in [7, 11) is -3.68. The lowest BCUT2D eigenvalue weighted by Crippen LogP contribution is -2.29. The second-order valence-electron chi connectivity index (χ2n) is 6.96. The van der Waals surface area contributed by atoms with Crippen LogP contribution in [0.25, 0.3) is 0 Å². The number of nitrogens with zero attached hydrogens (tertiary/aromatic N) is 2. The number of hydrogen-bond donors (Lipinski definition) is 1. The average molecular weight is 433 g/mol. The topological polar surface area (TPSA) is 99.5 Å². The standard InChI is InChI=1S/C23H19N3O4S/c24-15-17-4-3-6-19(14-17)25-23(27)16-30-20-8-10-21(11-9-20)31(28,29)26-13-12-18-5-1-2-7-22(18)26/h1-11,14H,12-13,16H2,(H,25,27). The number of fused-ring (bicyclic) bond motifs is 1. The number of nitrogens with one attached hydrogen (secondary N) is 1. The largest absolute Gasteiger partial charge is 0.484 e. The van der Waals surface area contributed by atoms with Crippen LogP contribution in [0.15, 0.2) is 77.7 Å². The first kappa shape index (κ1) is 20.4. The Morgan fingerprint density at radius 3 is 2.61 bits per heavy atom. The molecule has 156 valence electrons. The van der Waals surface area contributed by atoms with Crippen LogP contribution in [0.3, 0.4) is 0 Å². The average Bonchev–Trinajstić information content (AvgIpc) is 3.23. The van der Waals surface area contributed by atoms with E-state index in [4.69, 9.17) is 10.00 Å². The first-order valence-corrected chi connectivity index (χ1v) is 11.0. The lowest BCUT2D eigenvalue weighted by atomic mass is 10.2. The van der Waals surface area contributed by atoms with Crippen LogP contribution in [0, 0.1) is 11.3 Å². The predicted molar refractivity (Wildman–Crippen MR) is 116 cm³/mol. The molecule has 0 fully saturated rings. The molecular weight excluding hydrogens is 414 g/mol. The van der Waals surface area contributed by atoms with E-state index in [0.29, 0.717) is 35.7 Å². The highest BCUT2D eigenvalue weighted by molar-refractivity contribution is 7.92. The monoisotopic (exact) mass is 433 g/mol. The van der Waals surface area contributed by atoms with Crippen molar-refractivity contribution in [2.24, 2.45) is 0 Å². The molecule has 0 atom stereocenters. The van der Waals surface area contributed by atoms with Crippen molar-refractivity contribution in [1.82, 2.24) is 0 Å². The minimum absolute atomic E-state index is 0.161. The Bertz CT molecular complexity index is 1260. The van der Waals surface area contributed by atoms with E-state index in [1.165, 1.54) is 28.6 Å². The molecule has 0 unspecified atom stereocenters. The Hall–Kier alpha value is -3.83. The molecule has 1 N–H and O–H groups in total. The molecule has 0 saturated carbocycles. The van der Waals surface area contributed by atoms with Gasteiger partial charge in [0.05, 0.1) is 22.2 Å². The van der Waals surface area contributed by atoms with Crippen molar-refractivity contribution in [3.63, 3.8) is 0 Å². The number of carbonyl (C=O) groups is 1. The summed E-state index contributed by atoms with van der Waals surface area (Å²) >= 11 is 0. The molecule has 8 heteroatoms. The van der Waals surface area contributed by atoms with E-state index in [0.717, 1.165) is 5.56 Å². The van der Waals surface area contributed by atoms with Crippen LogP contribution in [0.2, 0.25) is 0 Å². The third-order valence-electron chi connectivity index (χ3n) is 4.90. The zero-order valence-electron chi connectivity index (χ0n) is 16.5. The minimum atomic E-state index is -3.68. The van der Waals surface area contributed by atoms with Gasteiger partial charge in [-0.05, 0) is 60.5 Å². The predicted octanol–water partition coefficient (Wildman–Crippen LogP) is 3.33. The Balaban J connectivity index is 1.39. The molecule has 3 aromatic carbocycles. The van der Waals surface area contributed by atoms with E-state index in [1.54, 1.807) is 24.3 Å². The van der Waals surface area contributed by atoms with Gasteiger partial charge in [-0.25, -0.2) is 8.42 Å². The van der Waals surface area contributed by atoms with Gasteiger partial charge >= 0.3 is 0 Å². The van der Waals surface area contributed by atoms with Gasteiger partial charge in [0.15, 0.2) is 6.61 Å². The van der Waals surface area contributed by atoms with Crippen molar-refractivity contribution >= 4 is 27.3 Å². The number of benzene rings is 3. The lowest BCUT2D eigenvalue weighted by molar-refractivity contribution is -0.118. The van der Waals surface area contributed by atoms with Gasteiger partial charge in [0.1, 0.15) is 5.75 Å². The van der Waals surface area contributed by atoms with Crippen LogP contribution in [-0.4, -0.2) is 27.5 Å². The summed E-state index contributed by atoms with van der Waals surface area (Å²) in [6.45, 7) is 0.162. The van der Waals surface area contributed by atoms with Crippen LogP contribution in [-0.2, 0) is 21.2 Å². The van der Waals surface area contributed by atoms with Crippen molar-refractivity contribution in [2.75, 3.05) is 22.8 Å². The number of rotatable bonds is 6. The number of para-hydroxylation sites is 1. The number of carbonyl (C=O) groups excluding carboxylic acids is 1. The molecule has 0 bridgehead atoms. The highest BCUT2D eigenvalue weighted by Crippen LogP contribution is 2.33. The third-order valence-corrected chi connectivity index (χ3v) is 6.73. The van der Waals surface area contributed by atoms with E-state index in [9.17, 15) is 13.2 Å². The highest BCUT2D eigenvalue weighted by atomic mass is 32.2. The van der Waals surface area contributed by atoms with Gasteiger partial charge in [-0.15, -0.1) is 0 Å². The molecule has 7 nitrogen and oxygen atoms in total. The van der Waals surface area contributed by atoms with E-state index < -0.39 is 10.0 Å². The summed E-state index contributed by atoms with van der Waals surface area (Å²) in [5, 5.41) is 11.6. The Kier molecular flexibility index (Phi) is 5.60. The van der Waals surface area contributed by atoms with Crippen molar-refractivity contribution in [1.29, 1.82) is 5.26 Å². The third kappa shape index (κ3) is 4.37. The van der Waals surface area contributed by atoms with Crippen molar-refractivity contribution in [3.8, 4) is 11.8 Å². The number of ether oxygens (including phenoxy) is 1. The maximum Gasteiger partial charge on any atom is 0.264 e. The van der Waals surface area contributed by atoms with Crippen molar-refractivity contribution in [2.45, 2.75) is 11.3 Å². The lowest BCUT2D eigenvalue weighted by Gasteiger charge is -2.19. The van der Waals surface area contributed by atoms with Crippen molar-refractivity contribution < 1.29 is 17.9 Å². The summed E-state index contributed by atoms with van der Waals surface area (Å²) < 4.78 is 32.9. The van der Waals surface area contributed by atoms with Gasteiger partial charge in [0.25, 0.3) is 15.9 Å². The van der Waals surface area contributed by atoms with E-state index in [2.05, 4.69) is 5.32 Å². The van der Waals surface area contributed by atoms with Crippen LogP contribution in [0.1, 0.15) is 11.1 Å². The number of amides is 1. The Morgan fingerprint density at radius 2 is 1.84 bits per heavy atom. The summed E-state index contributed by atoms with van der Waals surface area (Å²) in [6, 6.07) is 22.0. The van der Waals surface area contributed by atoms with Crippen LogP contribution in [0.5, 0.6) is 5.75 Å². The molecule has 1 heterocycles. The summed E-state index contributed by atoms with van der Waals surface area (Å²) in [5.41, 5.74) is 2.66. The van der Waals surface area contributed by atoms with Gasteiger partial charge in [0, 0.05) is 12.2 Å². The molecule has 31 heavy (non-hydrogen) atoms. The molecule has 0 aliphatic carbocycles. The number of hydrogen-bond acceptors (Lipinski definition) is 5. The van der Waals surface area contributed by atoms with E-state index in [-0.39, 0.29) is 17.4 Å². The fourth-order valence-corrected chi connectivity index (χ4v) is 4.91. The first-order valence-electron chi connectivity index (χ1n) is 9.61. The number of sulfonamides is 1. The number of nitriles is 1.